The van der Waals surface area contributed by atoms with Crippen LogP contribution in [0.4, 0.5) is 0 Å². The smallest absolute Gasteiger partial charge is 0.279 e. The van der Waals surface area contributed by atoms with Crippen molar-refractivity contribution < 1.29 is 9.31 Å². The standard InChI is InChI=1S/C16H16N4O2/c1-22-7-6-19-9-10-8-13(21)20-12-5-3-2-4-11(12)18-16(20)14(10)15(19)17/h2-5,8H,6-7,9H2,1H3,(H2,17,18,21)/p+1. The molecule has 1 aliphatic rings. The molecule has 0 saturated carbocycles. The highest BCUT2D eigenvalue weighted by Gasteiger charge is 2.29. The second kappa shape index (κ2) is 4.71. The Bertz CT molecular complexity index is 981. The number of nitrogens with zero attached hydrogens (tertiary/aromatic N) is 2. The van der Waals surface area contributed by atoms with Gasteiger partial charge < -0.3 is 9.72 Å². The first-order valence-electron chi connectivity index (χ1n) is 7.22. The minimum Gasteiger partial charge on any atom is -0.381 e. The third-order valence-corrected chi connectivity index (χ3v) is 4.22. The summed E-state index contributed by atoms with van der Waals surface area (Å²) in [7, 11) is 1.67. The number of benzene rings is 1. The van der Waals surface area contributed by atoms with Crippen LogP contribution >= 0.6 is 0 Å². The van der Waals surface area contributed by atoms with Gasteiger partial charge in [-0.2, -0.15) is 0 Å². The SMILES string of the molecule is COCC[N+]1=C(N)c2c(cc(=O)n3c2[nH]c2ccccc23)C1. The molecular weight excluding hydrogens is 280 g/mol. The van der Waals surface area contributed by atoms with Gasteiger partial charge in [0.2, 0.25) is 0 Å². The van der Waals surface area contributed by atoms with Crippen molar-refractivity contribution in [3.05, 3.63) is 51.8 Å². The molecule has 3 heterocycles. The Balaban J connectivity index is 2.03. The highest BCUT2D eigenvalue weighted by atomic mass is 16.5. The average molecular weight is 297 g/mol. The number of aromatic amines is 1. The molecule has 0 spiro atoms. The summed E-state index contributed by atoms with van der Waals surface area (Å²) in [4.78, 5) is 15.8. The molecule has 0 bridgehead atoms. The van der Waals surface area contributed by atoms with E-state index in [9.17, 15) is 4.79 Å². The Morgan fingerprint density at radius 2 is 2.23 bits per heavy atom. The van der Waals surface area contributed by atoms with Gasteiger partial charge in [-0.25, -0.2) is 0 Å². The first-order chi connectivity index (χ1) is 10.7. The number of rotatable bonds is 3. The van der Waals surface area contributed by atoms with Gasteiger partial charge in [0, 0.05) is 18.7 Å². The average Bonchev–Trinajstić information content (AvgIpc) is 3.03. The van der Waals surface area contributed by atoms with E-state index in [0.717, 1.165) is 27.8 Å². The molecule has 3 aromatic rings. The minimum atomic E-state index is -0.0346. The number of imidazole rings is 1. The zero-order valence-electron chi connectivity index (χ0n) is 12.3. The van der Waals surface area contributed by atoms with Crippen LogP contribution in [0.2, 0.25) is 0 Å². The fraction of sp³-hybridized carbons (Fsp3) is 0.250. The van der Waals surface area contributed by atoms with Crippen LogP contribution in [-0.2, 0) is 11.3 Å². The molecule has 0 unspecified atom stereocenters. The van der Waals surface area contributed by atoms with Gasteiger partial charge in [-0.1, -0.05) is 12.1 Å². The number of methoxy groups -OCH3 is 1. The van der Waals surface area contributed by atoms with Crippen LogP contribution in [0.1, 0.15) is 11.1 Å². The molecule has 0 aliphatic carbocycles. The lowest BCUT2D eigenvalue weighted by Crippen LogP contribution is -2.26. The summed E-state index contributed by atoms with van der Waals surface area (Å²) >= 11 is 0. The van der Waals surface area contributed by atoms with Crippen molar-refractivity contribution in [3.63, 3.8) is 0 Å². The molecule has 22 heavy (non-hydrogen) atoms. The largest absolute Gasteiger partial charge is 0.381 e. The van der Waals surface area contributed by atoms with E-state index < -0.39 is 0 Å². The summed E-state index contributed by atoms with van der Waals surface area (Å²) in [6.07, 6.45) is 0. The van der Waals surface area contributed by atoms with Crippen molar-refractivity contribution in [3.8, 4) is 0 Å². The first kappa shape index (κ1) is 13.1. The highest BCUT2D eigenvalue weighted by Crippen LogP contribution is 2.23. The lowest BCUT2D eigenvalue weighted by atomic mass is 10.1. The topological polar surface area (TPSA) is 75.5 Å². The Hall–Kier alpha value is -2.60. The van der Waals surface area contributed by atoms with Crippen LogP contribution in [-0.4, -0.2) is 40.1 Å². The summed E-state index contributed by atoms with van der Waals surface area (Å²) in [5.41, 5.74) is 10.7. The lowest BCUT2D eigenvalue weighted by Gasteiger charge is -2.00. The number of pyridine rings is 1. The maximum atomic E-state index is 12.5. The summed E-state index contributed by atoms with van der Waals surface area (Å²) in [5, 5.41) is 0. The van der Waals surface area contributed by atoms with E-state index in [1.165, 1.54) is 0 Å². The molecule has 112 valence electrons. The molecule has 4 rings (SSSR count). The second-order valence-electron chi connectivity index (χ2n) is 5.51. The van der Waals surface area contributed by atoms with Gasteiger partial charge in [-0.3, -0.25) is 19.5 Å². The fourth-order valence-electron chi connectivity index (χ4n) is 3.18. The maximum absolute atomic E-state index is 12.5. The summed E-state index contributed by atoms with van der Waals surface area (Å²) < 4.78 is 8.86. The number of para-hydroxylation sites is 2. The van der Waals surface area contributed by atoms with E-state index in [2.05, 4.69) is 4.98 Å². The molecular formula is C16H17N4O2+. The molecule has 0 atom stereocenters. The van der Waals surface area contributed by atoms with Crippen molar-refractivity contribution >= 4 is 22.5 Å². The zero-order valence-corrected chi connectivity index (χ0v) is 12.3. The van der Waals surface area contributed by atoms with E-state index in [1.807, 2.05) is 28.8 Å². The molecule has 1 aromatic carbocycles. The minimum absolute atomic E-state index is 0.0346. The monoisotopic (exact) mass is 297 g/mol. The molecule has 0 fully saturated rings. The quantitative estimate of drug-likeness (QED) is 0.697. The molecule has 6 heteroatoms. The number of fused-ring (bicyclic) bond motifs is 5. The number of hydrogen-bond donors (Lipinski definition) is 2. The van der Waals surface area contributed by atoms with Gasteiger partial charge in [0.1, 0.15) is 24.3 Å². The predicted octanol–water partition coefficient (Wildman–Crippen LogP) is 0.659. The Kier molecular flexibility index (Phi) is 2.80. The van der Waals surface area contributed by atoms with Gasteiger partial charge in [-0.15, -0.1) is 0 Å². The van der Waals surface area contributed by atoms with Crippen LogP contribution in [0.5, 0.6) is 0 Å². The van der Waals surface area contributed by atoms with Crippen molar-refractivity contribution in [2.75, 3.05) is 20.3 Å². The maximum Gasteiger partial charge on any atom is 0.279 e. The molecule has 0 saturated heterocycles. The predicted molar refractivity (Wildman–Crippen MR) is 84.5 cm³/mol. The van der Waals surface area contributed by atoms with Crippen molar-refractivity contribution in [1.29, 1.82) is 0 Å². The van der Waals surface area contributed by atoms with Crippen LogP contribution in [0, 0.1) is 0 Å². The number of nitrogens with one attached hydrogen (secondary N) is 1. The molecule has 3 N–H and O–H groups in total. The van der Waals surface area contributed by atoms with Crippen LogP contribution in [0.3, 0.4) is 0 Å². The number of aromatic nitrogens is 2. The first-order valence-corrected chi connectivity index (χ1v) is 7.22. The highest BCUT2D eigenvalue weighted by molar-refractivity contribution is 6.03. The fourth-order valence-corrected chi connectivity index (χ4v) is 3.18. The third kappa shape index (κ3) is 1.70. The number of H-pyrrole nitrogens is 1. The van der Waals surface area contributed by atoms with E-state index in [-0.39, 0.29) is 5.56 Å². The molecule has 0 amide bonds. The van der Waals surface area contributed by atoms with Gasteiger partial charge in [0.05, 0.1) is 17.6 Å². The van der Waals surface area contributed by atoms with Gasteiger partial charge in [0.15, 0.2) is 0 Å². The summed E-state index contributed by atoms with van der Waals surface area (Å²) in [5.74, 6) is 0.691. The van der Waals surface area contributed by atoms with Crippen molar-refractivity contribution in [2.45, 2.75) is 6.54 Å². The molecule has 0 radical (unpaired) electrons. The Morgan fingerprint density at radius 1 is 1.41 bits per heavy atom. The third-order valence-electron chi connectivity index (χ3n) is 4.22. The number of ether oxygens (including phenoxy) is 1. The number of nitrogens with two attached hydrogens (primary N) is 1. The van der Waals surface area contributed by atoms with Crippen LogP contribution in [0.15, 0.2) is 35.1 Å². The Labute approximate surface area is 126 Å². The summed E-state index contributed by atoms with van der Waals surface area (Å²) in [6.45, 7) is 1.95. The second-order valence-corrected chi connectivity index (χ2v) is 5.51. The van der Waals surface area contributed by atoms with Crippen molar-refractivity contribution in [2.24, 2.45) is 5.73 Å². The van der Waals surface area contributed by atoms with Gasteiger partial charge in [0.25, 0.3) is 11.4 Å². The zero-order chi connectivity index (χ0) is 15.3. The number of hydrogen-bond acceptors (Lipinski definition) is 3. The van der Waals surface area contributed by atoms with E-state index in [1.54, 1.807) is 17.6 Å². The molecule has 1 aliphatic heterocycles. The molecule has 2 aromatic heterocycles. The normalized spacial score (nSPS) is 14.2. The van der Waals surface area contributed by atoms with Crippen LogP contribution < -0.4 is 11.3 Å². The van der Waals surface area contributed by atoms with E-state index >= 15 is 0 Å². The van der Waals surface area contributed by atoms with E-state index in [0.29, 0.717) is 25.5 Å². The lowest BCUT2D eigenvalue weighted by molar-refractivity contribution is -0.542. The van der Waals surface area contributed by atoms with Gasteiger partial charge in [-0.05, 0) is 12.1 Å². The summed E-state index contributed by atoms with van der Waals surface area (Å²) in [6, 6.07) is 9.44. The van der Waals surface area contributed by atoms with Crippen LogP contribution in [0.25, 0.3) is 16.7 Å². The van der Waals surface area contributed by atoms with E-state index in [4.69, 9.17) is 10.5 Å². The Morgan fingerprint density at radius 3 is 3.05 bits per heavy atom. The number of amidine groups is 1. The van der Waals surface area contributed by atoms with Crippen molar-refractivity contribution in [1.82, 2.24) is 9.38 Å². The van der Waals surface area contributed by atoms with Gasteiger partial charge >= 0.3 is 0 Å². The molecule has 6 nitrogen and oxygen atoms in total.